The number of hydrogen-bond donors (Lipinski definition) is 1. The van der Waals surface area contributed by atoms with Crippen LogP contribution in [0, 0.1) is 5.92 Å². The summed E-state index contributed by atoms with van der Waals surface area (Å²) in [4.78, 5) is 14.5. The van der Waals surface area contributed by atoms with Crippen LogP contribution < -0.4 is 10.1 Å². The first-order valence-electron chi connectivity index (χ1n) is 6.96. The normalized spacial score (nSPS) is 21.5. The van der Waals surface area contributed by atoms with E-state index in [1.807, 2.05) is 23.1 Å². The van der Waals surface area contributed by atoms with Gasteiger partial charge in [0.15, 0.2) is 0 Å². The van der Waals surface area contributed by atoms with E-state index in [1.54, 1.807) is 0 Å². The number of carbonyl (C=O) groups is 1. The van der Waals surface area contributed by atoms with Crippen LogP contribution in [0.25, 0.3) is 0 Å². The Kier molecular flexibility index (Phi) is 3.19. The van der Waals surface area contributed by atoms with Gasteiger partial charge in [0.2, 0.25) is 0 Å². The summed E-state index contributed by atoms with van der Waals surface area (Å²) in [5, 5.41) is 3.35. The van der Waals surface area contributed by atoms with Gasteiger partial charge >= 0.3 is 0 Å². The quantitative estimate of drug-likeness (QED) is 0.901. The topological polar surface area (TPSA) is 41.6 Å². The van der Waals surface area contributed by atoms with Gasteiger partial charge in [-0.15, -0.1) is 0 Å². The van der Waals surface area contributed by atoms with Gasteiger partial charge in [-0.25, -0.2) is 0 Å². The van der Waals surface area contributed by atoms with Crippen molar-refractivity contribution in [3.63, 3.8) is 0 Å². The van der Waals surface area contributed by atoms with Crippen molar-refractivity contribution < 1.29 is 9.53 Å². The van der Waals surface area contributed by atoms with Crippen LogP contribution >= 0.6 is 0 Å². The summed E-state index contributed by atoms with van der Waals surface area (Å²) in [6, 6.07) is 6.12. The maximum Gasteiger partial charge on any atom is 0.258 e. The van der Waals surface area contributed by atoms with Gasteiger partial charge in [0.05, 0.1) is 18.2 Å². The fourth-order valence-corrected chi connectivity index (χ4v) is 2.80. The summed E-state index contributed by atoms with van der Waals surface area (Å²) in [6.45, 7) is 7.36. The maximum atomic E-state index is 12.5. The molecule has 2 aliphatic heterocycles. The molecule has 1 aromatic carbocycles. The molecule has 3 rings (SSSR count). The van der Waals surface area contributed by atoms with Crippen LogP contribution in [0.15, 0.2) is 18.2 Å². The van der Waals surface area contributed by atoms with Crippen molar-refractivity contribution >= 4 is 5.91 Å². The van der Waals surface area contributed by atoms with Crippen LogP contribution in [-0.2, 0) is 0 Å². The number of nitrogens with one attached hydrogen (secondary N) is 1. The fraction of sp³-hybridized carbons (Fsp3) is 0.533. The zero-order valence-electron chi connectivity index (χ0n) is 11.5. The highest BCUT2D eigenvalue weighted by molar-refractivity contribution is 6.02. The summed E-state index contributed by atoms with van der Waals surface area (Å²) in [5.41, 5.74) is 1.88. The first-order chi connectivity index (χ1) is 9.18. The number of amides is 1. The van der Waals surface area contributed by atoms with Gasteiger partial charge in [0.25, 0.3) is 5.91 Å². The van der Waals surface area contributed by atoms with E-state index in [1.165, 1.54) is 0 Å². The highest BCUT2D eigenvalue weighted by atomic mass is 16.5. The molecule has 1 N–H and O–H groups in total. The average molecular weight is 260 g/mol. The number of nitrogens with zero attached hydrogens (tertiary/aromatic N) is 1. The third-order valence-corrected chi connectivity index (χ3v) is 3.71. The predicted octanol–water partition coefficient (Wildman–Crippen LogP) is 1.82. The molecule has 1 unspecified atom stereocenters. The number of piperazine rings is 1. The monoisotopic (exact) mass is 260 g/mol. The zero-order valence-corrected chi connectivity index (χ0v) is 11.5. The molecule has 0 aromatic heterocycles. The first kappa shape index (κ1) is 12.5. The van der Waals surface area contributed by atoms with Crippen molar-refractivity contribution in [2.45, 2.75) is 19.9 Å². The van der Waals surface area contributed by atoms with Crippen LogP contribution in [0.5, 0.6) is 5.75 Å². The maximum absolute atomic E-state index is 12.5. The lowest BCUT2D eigenvalue weighted by Gasteiger charge is -2.30. The molecule has 4 heteroatoms. The Morgan fingerprint density at radius 1 is 1.47 bits per heavy atom. The lowest BCUT2D eigenvalue weighted by atomic mass is 10.0. The number of carbonyl (C=O) groups excluding carboxylic acids is 1. The van der Waals surface area contributed by atoms with Crippen molar-refractivity contribution in [3.8, 4) is 5.75 Å². The second-order valence-corrected chi connectivity index (χ2v) is 5.64. The summed E-state index contributed by atoms with van der Waals surface area (Å²) in [5.74, 6) is 1.32. The molecule has 2 heterocycles. The largest absolute Gasteiger partial charge is 0.492 e. The van der Waals surface area contributed by atoms with Gasteiger partial charge in [0, 0.05) is 19.6 Å². The third-order valence-electron chi connectivity index (χ3n) is 3.71. The fourth-order valence-electron chi connectivity index (χ4n) is 2.80. The molecule has 0 bridgehead atoms. The van der Waals surface area contributed by atoms with Gasteiger partial charge in [0.1, 0.15) is 5.75 Å². The summed E-state index contributed by atoms with van der Waals surface area (Å²) >= 11 is 0. The van der Waals surface area contributed by atoms with Gasteiger partial charge in [-0.2, -0.15) is 0 Å². The zero-order chi connectivity index (χ0) is 13.4. The minimum atomic E-state index is 0.126. The summed E-state index contributed by atoms with van der Waals surface area (Å²) < 4.78 is 5.82. The minimum Gasteiger partial charge on any atom is -0.492 e. The second-order valence-electron chi connectivity index (χ2n) is 5.64. The van der Waals surface area contributed by atoms with E-state index >= 15 is 0 Å². The Balaban J connectivity index is 1.94. The highest BCUT2D eigenvalue weighted by Crippen LogP contribution is 2.39. The van der Waals surface area contributed by atoms with Gasteiger partial charge in [-0.3, -0.25) is 4.79 Å². The van der Waals surface area contributed by atoms with Crippen LogP contribution in [-0.4, -0.2) is 37.0 Å². The lowest BCUT2D eigenvalue weighted by molar-refractivity contribution is 0.0688. The number of benzene rings is 1. The molecule has 1 amide bonds. The Labute approximate surface area is 113 Å². The van der Waals surface area contributed by atoms with E-state index < -0.39 is 0 Å². The molecule has 1 atom stereocenters. The van der Waals surface area contributed by atoms with Crippen molar-refractivity contribution in [2.24, 2.45) is 5.92 Å². The Hall–Kier alpha value is -1.55. The molecule has 1 saturated heterocycles. The van der Waals surface area contributed by atoms with E-state index in [2.05, 4.69) is 19.2 Å². The van der Waals surface area contributed by atoms with Crippen molar-refractivity contribution in [1.82, 2.24) is 10.2 Å². The van der Waals surface area contributed by atoms with Gasteiger partial charge < -0.3 is 15.0 Å². The van der Waals surface area contributed by atoms with E-state index in [-0.39, 0.29) is 11.9 Å². The van der Waals surface area contributed by atoms with E-state index in [0.29, 0.717) is 12.5 Å². The molecule has 19 heavy (non-hydrogen) atoms. The van der Waals surface area contributed by atoms with Crippen molar-refractivity contribution in [1.29, 1.82) is 0 Å². The average Bonchev–Trinajstić information content (AvgIpc) is 2.71. The number of rotatable bonds is 3. The van der Waals surface area contributed by atoms with Crippen molar-refractivity contribution in [3.05, 3.63) is 29.3 Å². The molecule has 2 aliphatic rings. The summed E-state index contributed by atoms with van der Waals surface area (Å²) in [6.07, 6.45) is 0. The number of ether oxygens (including phenoxy) is 1. The molecular weight excluding hydrogens is 240 g/mol. The Morgan fingerprint density at radius 3 is 3.11 bits per heavy atom. The minimum absolute atomic E-state index is 0.126. The van der Waals surface area contributed by atoms with Crippen molar-refractivity contribution in [2.75, 3.05) is 26.2 Å². The molecule has 0 saturated carbocycles. The SMILES string of the molecule is CC(C)COc1cccc2c1C(=O)N1CCNCC21. The van der Waals surface area contributed by atoms with Crippen LogP contribution in [0.1, 0.15) is 35.8 Å². The molecule has 0 aliphatic carbocycles. The molecule has 102 valence electrons. The smallest absolute Gasteiger partial charge is 0.258 e. The van der Waals surface area contributed by atoms with Crippen LogP contribution in [0.2, 0.25) is 0 Å². The second kappa shape index (κ2) is 4.85. The third kappa shape index (κ3) is 2.10. The van der Waals surface area contributed by atoms with Gasteiger partial charge in [-0.05, 0) is 17.5 Å². The number of hydrogen-bond acceptors (Lipinski definition) is 3. The van der Waals surface area contributed by atoms with E-state index in [9.17, 15) is 4.79 Å². The van der Waals surface area contributed by atoms with Gasteiger partial charge in [-0.1, -0.05) is 26.0 Å². The number of fused-ring (bicyclic) bond motifs is 3. The Bertz CT molecular complexity index is 499. The predicted molar refractivity (Wildman–Crippen MR) is 73.4 cm³/mol. The molecule has 1 aromatic rings. The Morgan fingerprint density at radius 2 is 2.32 bits per heavy atom. The molecule has 0 radical (unpaired) electrons. The molecule has 0 spiro atoms. The molecule has 1 fully saturated rings. The van der Waals surface area contributed by atoms with E-state index in [0.717, 1.165) is 36.5 Å². The standard InChI is InChI=1S/C15H20N2O2/c1-10(2)9-19-13-5-3-4-11-12-8-16-6-7-17(12)15(18)14(11)13/h3-5,10,12,16H,6-9H2,1-2H3. The van der Waals surface area contributed by atoms with Crippen LogP contribution in [0.4, 0.5) is 0 Å². The van der Waals surface area contributed by atoms with Crippen LogP contribution in [0.3, 0.4) is 0 Å². The first-order valence-corrected chi connectivity index (χ1v) is 6.96. The molecular formula is C15H20N2O2. The summed E-state index contributed by atoms with van der Waals surface area (Å²) in [7, 11) is 0. The van der Waals surface area contributed by atoms with E-state index in [4.69, 9.17) is 4.74 Å². The lowest BCUT2D eigenvalue weighted by Crippen LogP contribution is -2.44. The molecule has 4 nitrogen and oxygen atoms in total. The highest BCUT2D eigenvalue weighted by Gasteiger charge is 2.39.